The molecule has 6 heteroatoms. The van der Waals surface area contributed by atoms with E-state index in [4.69, 9.17) is 5.73 Å². The van der Waals surface area contributed by atoms with Crippen LogP contribution < -0.4 is 11.1 Å². The van der Waals surface area contributed by atoms with Gasteiger partial charge in [-0.3, -0.25) is 9.48 Å². The van der Waals surface area contributed by atoms with Crippen molar-refractivity contribution in [3.8, 4) is 0 Å². The van der Waals surface area contributed by atoms with Crippen LogP contribution in [0.15, 0.2) is 6.20 Å². The summed E-state index contributed by atoms with van der Waals surface area (Å²) in [6.07, 6.45) is 4.98. The molecule has 1 aromatic heterocycles. The highest BCUT2D eigenvalue weighted by molar-refractivity contribution is 7.99. The highest BCUT2D eigenvalue weighted by Crippen LogP contribution is 2.30. The third-order valence-electron chi connectivity index (χ3n) is 3.53. The second kappa shape index (κ2) is 6.32. The lowest BCUT2D eigenvalue weighted by molar-refractivity contribution is 0.0929. The van der Waals surface area contributed by atoms with Crippen molar-refractivity contribution in [3.63, 3.8) is 0 Å². The first-order chi connectivity index (χ1) is 9.17. The molecule has 1 fully saturated rings. The topological polar surface area (TPSA) is 72.9 Å². The van der Waals surface area contributed by atoms with Crippen LogP contribution in [0.2, 0.25) is 0 Å². The molecule has 5 nitrogen and oxygen atoms in total. The van der Waals surface area contributed by atoms with E-state index in [1.54, 1.807) is 10.9 Å². The lowest BCUT2D eigenvalue weighted by Crippen LogP contribution is -2.40. The molecule has 2 unspecified atom stereocenters. The standard InChI is InChI=1S/C13H22N4OS/c1-3-17-12(9(14)8-15-17)13(18)16-10-6-5-7-11(10)19-4-2/h8,10-11H,3-7,14H2,1-2H3,(H,16,18). The van der Waals surface area contributed by atoms with Crippen molar-refractivity contribution >= 4 is 23.4 Å². The zero-order valence-corrected chi connectivity index (χ0v) is 12.4. The molecule has 0 bridgehead atoms. The van der Waals surface area contributed by atoms with Crippen LogP contribution in [0.25, 0.3) is 0 Å². The second-order valence-electron chi connectivity index (χ2n) is 4.77. The summed E-state index contributed by atoms with van der Waals surface area (Å²) in [5, 5.41) is 7.78. The van der Waals surface area contributed by atoms with Crippen molar-refractivity contribution in [1.82, 2.24) is 15.1 Å². The van der Waals surface area contributed by atoms with Crippen LogP contribution in [0.3, 0.4) is 0 Å². The van der Waals surface area contributed by atoms with Gasteiger partial charge in [0.25, 0.3) is 5.91 Å². The fourth-order valence-corrected chi connectivity index (χ4v) is 3.83. The maximum absolute atomic E-state index is 12.4. The molecule has 3 N–H and O–H groups in total. The van der Waals surface area contributed by atoms with E-state index in [1.165, 1.54) is 12.8 Å². The highest BCUT2D eigenvalue weighted by atomic mass is 32.2. The van der Waals surface area contributed by atoms with Crippen LogP contribution in [0.4, 0.5) is 5.69 Å². The zero-order valence-electron chi connectivity index (χ0n) is 11.6. The first kappa shape index (κ1) is 14.2. The second-order valence-corrected chi connectivity index (χ2v) is 6.29. The number of hydrogen-bond donors (Lipinski definition) is 2. The molecular weight excluding hydrogens is 260 g/mol. The molecular formula is C13H22N4OS. The molecule has 1 aliphatic rings. The van der Waals surface area contributed by atoms with Crippen LogP contribution in [0.5, 0.6) is 0 Å². The van der Waals surface area contributed by atoms with Crippen molar-refractivity contribution in [3.05, 3.63) is 11.9 Å². The zero-order chi connectivity index (χ0) is 13.8. The Kier molecular flexibility index (Phi) is 4.74. The van der Waals surface area contributed by atoms with E-state index in [0.717, 1.165) is 12.2 Å². The minimum atomic E-state index is -0.0922. The number of carbonyl (C=O) groups excluding carboxylic acids is 1. The fourth-order valence-electron chi connectivity index (χ4n) is 2.63. The van der Waals surface area contributed by atoms with Crippen LogP contribution in [0.1, 0.15) is 43.6 Å². The molecule has 106 valence electrons. The van der Waals surface area contributed by atoms with Gasteiger partial charge in [-0.1, -0.05) is 13.3 Å². The Bertz CT molecular complexity index is 446. The number of amides is 1. The molecule has 1 amide bonds. The molecule has 1 saturated carbocycles. The van der Waals surface area contributed by atoms with Gasteiger partial charge in [0.05, 0.1) is 11.9 Å². The maximum atomic E-state index is 12.4. The van der Waals surface area contributed by atoms with Gasteiger partial charge in [0, 0.05) is 17.8 Å². The molecule has 0 saturated heterocycles. The number of nitrogen functional groups attached to an aromatic ring is 1. The third kappa shape index (κ3) is 3.05. The summed E-state index contributed by atoms with van der Waals surface area (Å²) in [5.74, 6) is 0.997. The van der Waals surface area contributed by atoms with Crippen LogP contribution in [0, 0.1) is 0 Å². The minimum Gasteiger partial charge on any atom is -0.396 e. The monoisotopic (exact) mass is 282 g/mol. The summed E-state index contributed by atoms with van der Waals surface area (Å²) in [6.45, 7) is 4.76. The number of nitrogens with zero attached hydrogens (tertiary/aromatic N) is 2. The smallest absolute Gasteiger partial charge is 0.271 e. The van der Waals surface area contributed by atoms with Gasteiger partial charge in [0.2, 0.25) is 0 Å². The number of rotatable bonds is 5. The molecule has 0 aliphatic heterocycles. The maximum Gasteiger partial charge on any atom is 0.271 e. The van der Waals surface area contributed by atoms with Gasteiger partial charge in [0.15, 0.2) is 0 Å². The van der Waals surface area contributed by atoms with Gasteiger partial charge in [-0.25, -0.2) is 0 Å². The lowest BCUT2D eigenvalue weighted by atomic mass is 10.2. The molecule has 19 heavy (non-hydrogen) atoms. The molecule has 1 aromatic rings. The summed E-state index contributed by atoms with van der Waals surface area (Å²) in [7, 11) is 0. The summed E-state index contributed by atoms with van der Waals surface area (Å²) in [5.41, 5.74) is 6.79. The average molecular weight is 282 g/mol. The molecule has 0 spiro atoms. The van der Waals surface area contributed by atoms with E-state index in [0.29, 0.717) is 23.2 Å². The Labute approximate surface area is 118 Å². The molecule has 2 atom stereocenters. The van der Waals surface area contributed by atoms with Crippen LogP contribution in [-0.4, -0.2) is 32.7 Å². The van der Waals surface area contributed by atoms with Gasteiger partial charge in [0.1, 0.15) is 5.69 Å². The Balaban J connectivity index is 2.06. The predicted molar refractivity (Wildman–Crippen MR) is 79.3 cm³/mol. The van der Waals surface area contributed by atoms with E-state index >= 15 is 0 Å². The van der Waals surface area contributed by atoms with E-state index in [-0.39, 0.29) is 11.9 Å². The van der Waals surface area contributed by atoms with Crippen molar-refractivity contribution in [2.45, 2.75) is 50.9 Å². The molecule has 0 radical (unpaired) electrons. The number of carbonyl (C=O) groups is 1. The first-order valence-electron chi connectivity index (χ1n) is 6.91. The van der Waals surface area contributed by atoms with Gasteiger partial charge in [-0.05, 0) is 25.5 Å². The number of aromatic nitrogens is 2. The summed E-state index contributed by atoms with van der Waals surface area (Å²) in [4.78, 5) is 12.4. The summed E-state index contributed by atoms with van der Waals surface area (Å²) >= 11 is 1.93. The number of thioether (sulfide) groups is 1. The van der Waals surface area contributed by atoms with Crippen LogP contribution in [-0.2, 0) is 6.54 Å². The number of nitrogens with two attached hydrogens (primary N) is 1. The average Bonchev–Trinajstić information content (AvgIpc) is 2.97. The minimum absolute atomic E-state index is 0.0922. The van der Waals surface area contributed by atoms with Crippen molar-refractivity contribution in [2.75, 3.05) is 11.5 Å². The van der Waals surface area contributed by atoms with E-state index < -0.39 is 0 Å². The Hall–Kier alpha value is -1.17. The Morgan fingerprint density at radius 2 is 2.37 bits per heavy atom. The number of anilines is 1. The van der Waals surface area contributed by atoms with E-state index in [1.807, 2.05) is 18.7 Å². The number of nitrogens with one attached hydrogen (secondary N) is 1. The van der Waals surface area contributed by atoms with Crippen molar-refractivity contribution in [1.29, 1.82) is 0 Å². The SMILES string of the molecule is CCSC1CCCC1NC(=O)c1c(N)cnn1CC. The molecule has 1 heterocycles. The van der Waals surface area contributed by atoms with Gasteiger partial charge >= 0.3 is 0 Å². The summed E-state index contributed by atoms with van der Waals surface area (Å²) in [6, 6.07) is 0.261. The third-order valence-corrected chi connectivity index (χ3v) is 4.86. The quantitative estimate of drug-likeness (QED) is 0.865. The molecule has 0 aromatic carbocycles. The van der Waals surface area contributed by atoms with Gasteiger partial charge < -0.3 is 11.1 Å². The van der Waals surface area contributed by atoms with Gasteiger partial charge in [-0.15, -0.1) is 0 Å². The molecule has 1 aliphatic carbocycles. The summed E-state index contributed by atoms with van der Waals surface area (Å²) < 4.78 is 1.65. The largest absolute Gasteiger partial charge is 0.396 e. The predicted octanol–water partition coefficient (Wildman–Crippen LogP) is 1.89. The van der Waals surface area contributed by atoms with Gasteiger partial charge in [-0.2, -0.15) is 16.9 Å². The first-order valence-corrected chi connectivity index (χ1v) is 7.96. The Morgan fingerprint density at radius 3 is 3.05 bits per heavy atom. The van der Waals surface area contributed by atoms with Crippen LogP contribution >= 0.6 is 11.8 Å². The Morgan fingerprint density at radius 1 is 1.58 bits per heavy atom. The van der Waals surface area contributed by atoms with E-state index in [9.17, 15) is 4.79 Å². The highest BCUT2D eigenvalue weighted by Gasteiger charge is 2.29. The lowest BCUT2D eigenvalue weighted by Gasteiger charge is -2.20. The van der Waals surface area contributed by atoms with Crippen molar-refractivity contribution in [2.24, 2.45) is 0 Å². The number of hydrogen-bond acceptors (Lipinski definition) is 4. The number of aryl methyl sites for hydroxylation is 1. The molecule has 2 rings (SSSR count). The fraction of sp³-hybridized carbons (Fsp3) is 0.692. The van der Waals surface area contributed by atoms with E-state index in [2.05, 4.69) is 17.3 Å². The normalized spacial score (nSPS) is 22.6. The van der Waals surface area contributed by atoms with Crippen molar-refractivity contribution < 1.29 is 4.79 Å².